The molecule has 0 bridgehead atoms. The van der Waals surface area contributed by atoms with E-state index in [-0.39, 0.29) is 0 Å². The normalized spacial score (nSPS) is 13.1. The molecule has 1 rings (SSSR count). The first-order valence-corrected chi connectivity index (χ1v) is 6.42. The number of carboxylic acid groups (broad SMARTS) is 1. The summed E-state index contributed by atoms with van der Waals surface area (Å²) in [6.07, 6.45) is 0.395. The molecule has 1 unspecified atom stereocenters. The van der Waals surface area contributed by atoms with Gasteiger partial charge in [-0.2, -0.15) is 0 Å². The molecule has 4 nitrogen and oxygen atoms in total. The van der Waals surface area contributed by atoms with Gasteiger partial charge in [0.2, 0.25) is 0 Å². The zero-order chi connectivity index (χ0) is 14.6. The Kier molecular flexibility index (Phi) is 4.95. The van der Waals surface area contributed by atoms with E-state index in [0.29, 0.717) is 6.42 Å². The molecule has 0 saturated carbocycles. The van der Waals surface area contributed by atoms with Gasteiger partial charge in [0.25, 0.3) is 0 Å². The molecule has 4 heteroatoms. The summed E-state index contributed by atoms with van der Waals surface area (Å²) >= 11 is 0. The Morgan fingerprint density at radius 2 is 2.05 bits per heavy atom. The minimum Gasteiger partial charge on any atom is -0.488 e. The van der Waals surface area contributed by atoms with Crippen molar-refractivity contribution < 1.29 is 14.6 Å². The smallest absolute Gasteiger partial charge is 0.320 e. The zero-order valence-electron chi connectivity index (χ0n) is 12.3. The summed E-state index contributed by atoms with van der Waals surface area (Å²) < 4.78 is 5.99. The molecular weight excluding hydrogens is 242 g/mol. The van der Waals surface area contributed by atoms with Crippen LogP contribution in [0.15, 0.2) is 18.2 Å². The van der Waals surface area contributed by atoms with E-state index in [2.05, 4.69) is 5.32 Å². The summed E-state index contributed by atoms with van der Waals surface area (Å²) in [6, 6.07) is 5.28. The van der Waals surface area contributed by atoms with Gasteiger partial charge in [-0.1, -0.05) is 12.1 Å². The van der Waals surface area contributed by atoms with Crippen LogP contribution in [0.4, 0.5) is 0 Å². The molecule has 0 radical (unpaired) electrons. The van der Waals surface area contributed by atoms with Crippen LogP contribution in [-0.4, -0.2) is 29.8 Å². The average molecular weight is 265 g/mol. The maximum absolute atomic E-state index is 11.1. The number of aryl methyl sites for hydroxylation is 1. The van der Waals surface area contributed by atoms with Crippen molar-refractivity contribution in [3.63, 3.8) is 0 Å². The van der Waals surface area contributed by atoms with Crippen LogP contribution in [0.25, 0.3) is 0 Å². The van der Waals surface area contributed by atoms with Crippen molar-refractivity contribution in [1.82, 2.24) is 5.32 Å². The topological polar surface area (TPSA) is 58.6 Å². The first kappa shape index (κ1) is 15.5. The maximum Gasteiger partial charge on any atom is 0.320 e. The van der Waals surface area contributed by atoms with Gasteiger partial charge >= 0.3 is 5.97 Å². The lowest BCUT2D eigenvalue weighted by atomic mass is 9.98. The molecule has 0 heterocycles. The quantitative estimate of drug-likeness (QED) is 0.830. The van der Waals surface area contributed by atoms with Crippen LogP contribution < -0.4 is 10.1 Å². The van der Waals surface area contributed by atoms with Gasteiger partial charge in [0, 0.05) is 6.42 Å². The fraction of sp³-hybridized carbons (Fsp3) is 0.533. The Bertz CT molecular complexity index is 455. The van der Waals surface area contributed by atoms with Crippen LogP contribution in [0, 0.1) is 13.8 Å². The van der Waals surface area contributed by atoms with Crippen LogP contribution in [0.3, 0.4) is 0 Å². The molecule has 19 heavy (non-hydrogen) atoms. The van der Waals surface area contributed by atoms with Gasteiger partial charge in [0.05, 0.1) is 0 Å². The van der Waals surface area contributed by atoms with Gasteiger partial charge < -0.3 is 15.2 Å². The summed E-state index contributed by atoms with van der Waals surface area (Å²) in [5, 5.41) is 11.9. The number of nitrogens with one attached hydrogen (secondary N) is 1. The molecule has 0 aliphatic rings. The van der Waals surface area contributed by atoms with Gasteiger partial charge in [-0.05, 0) is 51.9 Å². The van der Waals surface area contributed by atoms with Crippen molar-refractivity contribution >= 4 is 5.97 Å². The summed E-state index contributed by atoms with van der Waals surface area (Å²) in [4.78, 5) is 11.1. The third-order valence-electron chi connectivity index (χ3n) is 3.28. The van der Waals surface area contributed by atoms with Gasteiger partial charge in [0.15, 0.2) is 0 Å². The second-order valence-electron chi connectivity index (χ2n) is 5.44. The lowest BCUT2D eigenvalue weighted by Gasteiger charge is -2.30. The number of rotatable bonds is 6. The molecule has 106 valence electrons. The highest BCUT2D eigenvalue weighted by Crippen LogP contribution is 2.27. The number of likely N-dealkylation sites (N-methyl/N-ethyl adjacent to an activating group) is 1. The van der Waals surface area contributed by atoms with Crippen LogP contribution in [0.2, 0.25) is 0 Å². The van der Waals surface area contributed by atoms with Crippen LogP contribution in [0.1, 0.15) is 31.4 Å². The van der Waals surface area contributed by atoms with Gasteiger partial charge in [-0.15, -0.1) is 0 Å². The zero-order valence-corrected chi connectivity index (χ0v) is 12.3. The molecule has 0 aromatic heterocycles. The number of hydrogen-bond acceptors (Lipinski definition) is 3. The second-order valence-corrected chi connectivity index (χ2v) is 5.44. The lowest BCUT2D eigenvalue weighted by molar-refractivity contribution is -0.140. The Morgan fingerprint density at radius 3 is 2.58 bits per heavy atom. The number of benzene rings is 1. The third-order valence-corrected chi connectivity index (χ3v) is 3.28. The van der Waals surface area contributed by atoms with E-state index >= 15 is 0 Å². The highest BCUT2D eigenvalue weighted by molar-refractivity contribution is 5.73. The SMILES string of the molecule is CNC(CC(C)(C)Oc1cccc(C)c1C)C(=O)O. The minimum absolute atomic E-state index is 0.395. The van der Waals surface area contributed by atoms with E-state index in [4.69, 9.17) is 9.84 Å². The van der Waals surface area contributed by atoms with Crippen molar-refractivity contribution in [2.24, 2.45) is 0 Å². The first-order chi connectivity index (χ1) is 8.76. The Hall–Kier alpha value is -1.55. The van der Waals surface area contributed by atoms with Crippen molar-refractivity contribution in [1.29, 1.82) is 0 Å². The summed E-state index contributed by atoms with van der Waals surface area (Å²) in [6.45, 7) is 7.85. The highest BCUT2D eigenvalue weighted by atomic mass is 16.5. The predicted octanol–water partition coefficient (Wildman–Crippen LogP) is 2.52. The molecule has 0 spiro atoms. The standard InChI is InChI=1S/C15H23NO3/c1-10-7-6-8-13(11(10)2)19-15(3,4)9-12(16-5)14(17)18/h6-8,12,16H,9H2,1-5H3,(H,17,18). The number of ether oxygens (including phenoxy) is 1. The fourth-order valence-electron chi connectivity index (χ4n) is 1.98. The minimum atomic E-state index is -0.861. The molecule has 0 amide bonds. The van der Waals surface area contributed by atoms with E-state index in [0.717, 1.165) is 16.9 Å². The molecule has 0 fully saturated rings. The summed E-state index contributed by atoms with van der Waals surface area (Å²) in [5.74, 6) is -0.0506. The van der Waals surface area contributed by atoms with Crippen LogP contribution in [0.5, 0.6) is 5.75 Å². The van der Waals surface area contributed by atoms with E-state index < -0.39 is 17.6 Å². The molecule has 0 saturated heterocycles. The molecule has 0 aliphatic heterocycles. The van der Waals surface area contributed by atoms with E-state index in [9.17, 15) is 4.79 Å². The number of hydrogen-bond donors (Lipinski definition) is 2. The van der Waals surface area contributed by atoms with Crippen LogP contribution in [-0.2, 0) is 4.79 Å². The number of carbonyl (C=O) groups is 1. The summed E-state index contributed by atoms with van der Waals surface area (Å²) in [5.41, 5.74) is 1.70. The second kappa shape index (κ2) is 6.06. The van der Waals surface area contributed by atoms with Crippen molar-refractivity contribution in [3.05, 3.63) is 29.3 Å². The largest absolute Gasteiger partial charge is 0.488 e. The Balaban J connectivity index is 2.84. The number of aliphatic carboxylic acids is 1. The summed E-state index contributed by atoms with van der Waals surface area (Å²) in [7, 11) is 1.65. The first-order valence-electron chi connectivity index (χ1n) is 6.42. The van der Waals surface area contributed by atoms with E-state index in [1.165, 1.54) is 0 Å². The van der Waals surface area contributed by atoms with Gasteiger partial charge in [-0.3, -0.25) is 4.79 Å². The monoisotopic (exact) mass is 265 g/mol. The molecule has 0 aliphatic carbocycles. The molecular formula is C15H23NO3. The number of carboxylic acids is 1. The highest BCUT2D eigenvalue weighted by Gasteiger charge is 2.28. The fourth-order valence-corrected chi connectivity index (χ4v) is 1.98. The van der Waals surface area contributed by atoms with Gasteiger partial charge in [0.1, 0.15) is 17.4 Å². The van der Waals surface area contributed by atoms with E-state index in [1.54, 1.807) is 7.05 Å². The predicted molar refractivity (Wildman–Crippen MR) is 75.7 cm³/mol. The van der Waals surface area contributed by atoms with Crippen LogP contribution >= 0.6 is 0 Å². The maximum atomic E-state index is 11.1. The van der Waals surface area contributed by atoms with Crippen molar-refractivity contribution in [2.75, 3.05) is 7.05 Å². The average Bonchev–Trinajstić information content (AvgIpc) is 2.31. The Labute approximate surface area is 114 Å². The van der Waals surface area contributed by atoms with E-state index in [1.807, 2.05) is 45.9 Å². The molecule has 2 N–H and O–H groups in total. The van der Waals surface area contributed by atoms with Gasteiger partial charge in [-0.25, -0.2) is 0 Å². The molecule has 1 aromatic carbocycles. The van der Waals surface area contributed by atoms with Crippen molar-refractivity contribution in [2.45, 2.75) is 45.8 Å². The van der Waals surface area contributed by atoms with Crippen molar-refractivity contribution in [3.8, 4) is 5.75 Å². The Morgan fingerprint density at radius 1 is 1.42 bits per heavy atom. The third kappa shape index (κ3) is 4.24. The molecule has 1 atom stereocenters. The lowest BCUT2D eigenvalue weighted by Crippen LogP contribution is -2.43. The molecule has 1 aromatic rings.